The van der Waals surface area contributed by atoms with Crippen molar-refractivity contribution in [1.82, 2.24) is 26.6 Å². The fourth-order valence-electron chi connectivity index (χ4n) is 5.21. The van der Waals surface area contributed by atoms with E-state index in [9.17, 15) is 28.8 Å². The highest BCUT2D eigenvalue weighted by Gasteiger charge is 2.30. The minimum absolute atomic E-state index is 0.0471. The van der Waals surface area contributed by atoms with Crippen LogP contribution in [0, 0.1) is 5.92 Å². The molecule has 0 saturated heterocycles. The van der Waals surface area contributed by atoms with E-state index >= 15 is 0 Å². The Hall–Kier alpha value is -4.78. The first-order chi connectivity index (χ1) is 21.7. The molecular formula is C32H42N6O7. The lowest BCUT2D eigenvalue weighted by atomic mass is 9.85. The van der Waals surface area contributed by atoms with Crippen LogP contribution in [0.15, 0.2) is 59.2 Å². The number of nitrogens with one attached hydrogen (secondary N) is 5. The standard InChI is InChI=1S/C32H42N6O7/c1-34-24-12-10-21(11-13-24)31(43)38-27(19-25-8-5-17-45-25)32(44)36-20-23-7-3-2-6-22(23)18-29(41)37-26(30(33)42)14-15-35-28(40)9-4-16-39/h2-9,16-17,21,24,26-27,34H,10-15,18-20H2,1H3,(H2,33,42)(H,35,40)(H,36,44)(H,37,41)(H,38,43)/b9-4-/t21?,24?,26-,27-/m0/s1. The summed E-state index contributed by atoms with van der Waals surface area (Å²) in [5.74, 6) is -1.90. The second kappa shape index (κ2) is 18.1. The van der Waals surface area contributed by atoms with Gasteiger partial charge in [0.05, 0.1) is 12.7 Å². The van der Waals surface area contributed by atoms with Crippen molar-refractivity contribution in [3.05, 3.63) is 71.7 Å². The topological polar surface area (TPSA) is 202 Å². The van der Waals surface area contributed by atoms with Gasteiger partial charge < -0.3 is 36.7 Å². The zero-order valence-corrected chi connectivity index (χ0v) is 25.4. The van der Waals surface area contributed by atoms with Crippen molar-refractivity contribution in [1.29, 1.82) is 0 Å². The van der Waals surface area contributed by atoms with E-state index in [0.717, 1.165) is 37.8 Å². The van der Waals surface area contributed by atoms with Gasteiger partial charge in [0.1, 0.15) is 24.1 Å². The molecule has 242 valence electrons. The third-order valence-corrected chi connectivity index (χ3v) is 7.78. The van der Waals surface area contributed by atoms with Gasteiger partial charge in [-0.05, 0) is 68.5 Å². The number of primary amides is 1. The van der Waals surface area contributed by atoms with Crippen LogP contribution in [0.25, 0.3) is 0 Å². The maximum absolute atomic E-state index is 13.4. The predicted octanol–water partition coefficient (Wildman–Crippen LogP) is 0.176. The molecule has 2 aromatic rings. The van der Waals surface area contributed by atoms with Crippen LogP contribution in [0.1, 0.15) is 49.0 Å². The van der Waals surface area contributed by atoms with E-state index in [1.807, 2.05) is 7.05 Å². The quantitative estimate of drug-likeness (QED) is 0.106. The summed E-state index contributed by atoms with van der Waals surface area (Å²) in [6, 6.07) is 9.03. The summed E-state index contributed by atoms with van der Waals surface area (Å²) in [7, 11) is 1.92. The molecule has 1 saturated carbocycles. The van der Waals surface area contributed by atoms with Crippen molar-refractivity contribution in [3.8, 4) is 0 Å². The maximum Gasteiger partial charge on any atom is 0.244 e. The second-order valence-electron chi connectivity index (χ2n) is 10.9. The summed E-state index contributed by atoms with van der Waals surface area (Å²) >= 11 is 0. The molecular weight excluding hydrogens is 580 g/mol. The highest BCUT2D eigenvalue weighted by Crippen LogP contribution is 2.24. The summed E-state index contributed by atoms with van der Waals surface area (Å²) in [6.07, 6.45) is 7.47. The van der Waals surface area contributed by atoms with Gasteiger partial charge in [-0.2, -0.15) is 0 Å². The first kappa shape index (κ1) is 34.7. The maximum atomic E-state index is 13.4. The first-order valence-corrected chi connectivity index (χ1v) is 15.0. The van der Waals surface area contributed by atoms with E-state index < -0.39 is 29.8 Å². The largest absolute Gasteiger partial charge is 0.469 e. The van der Waals surface area contributed by atoms with Crippen LogP contribution in [-0.4, -0.2) is 67.5 Å². The number of hydrogen-bond donors (Lipinski definition) is 6. The van der Waals surface area contributed by atoms with Gasteiger partial charge in [-0.15, -0.1) is 0 Å². The summed E-state index contributed by atoms with van der Waals surface area (Å²) < 4.78 is 5.44. The lowest BCUT2D eigenvalue weighted by molar-refractivity contribution is -0.132. The first-order valence-electron chi connectivity index (χ1n) is 15.0. The third kappa shape index (κ3) is 11.7. The molecule has 0 unspecified atom stereocenters. The monoisotopic (exact) mass is 622 g/mol. The normalized spacial score (nSPS) is 17.5. The summed E-state index contributed by atoms with van der Waals surface area (Å²) in [5, 5.41) is 14.1. The molecule has 3 rings (SSSR count). The van der Waals surface area contributed by atoms with Crippen LogP contribution < -0.4 is 32.3 Å². The van der Waals surface area contributed by atoms with E-state index in [0.29, 0.717) is 29.2 Å². The molecule has 0 spiro atoms. The lowest BCUT2D eigenvalue weighted by Crippen LogP contribution is -2.50. The Bertz CT molecular complexity index is 1340. The van der Waals surface area contributed by atoms with Crippen molar-refractivity contribution in [2.45, 2.75) is 69.6 Å². The van der Waals surface area contributed by atoms with E-state index in [1.54, 1.807) is 36.4 Å². The lowest BCUT2D eigenvalue weighted by Gasteiger charge is -2.28. The van der Waals surface area contributed by atoms with Crippen LogP contribution >= 0.6 is 0 Å². The number of carbonyl (C=O) groups is 6. The molecule has 5 amide bonds. The number of hydrogen-bond acceptors (Lipinski definition) is 8. The molecule has 13 heteroatoms. The van der Waals surface area contributed by atoms with Crippen molar-refractivity contribution < 1.29 is 33.2 Å². The van der Waals surface area contributed by atoms with Crippen LogP contribution in [0.2, 0.25) is 0 Å². The average Bonchev–Trinajstić information content (AvgIpc) is 3.55. The van der Waals surface area contributed by atoms with Crippen molar-refractivity contribution in [3.63, 3.8) is 0 Å². The number of nitrogens with two attached hydrogens (primary N) is 1. The van der Waals surface area contributed by atoms with Crippen LogP contribution in [0.3, 0.4) is 0 Å². The Morgan fingerprint density at radius 1 is 0.956 bits per heavy atom. The van der Waals surface area contributed by atoms with Crippen LogP contribution in [-0.2, 0) is 48.2 Å². The minimum Gasteiger partial charge on any atom is -0.469 e. The molecule has 1 aromatic heterocycles. The van der Waals surface area contributed by atoms with Crippen molar-refractivity contribution in [2.75, 3.05) is 13.6 Å². The summed E-state index contributed by atoms with van der Waals surface area (Å²) in [6.45, 7) is 0.144. The summed E-state index contributed by atoms with van der Waals surface area (Å²) in [5.41, 5.74) is 6.75. The molecule has 1 heterocycles. The number of rotatable bonds is 17. The fraction of sp³-hybridized carbons (Fsp3) is 0.438. The second-order valence-corrected chi connectivity index (χ2v) is 10.9. The van der Waals surface area contributed by atoms with Gasteiger partial charge in [-0.3, -0.25) is 28.8 Å². The van der Waals surface area contributed by atoms with Crippen molar-refractivity contribution in [2.24, 2.45) is 11.7 Å². The highest BCUT2D eigenvalue weighted by atomic mass is 16.3. The number of benzene rings is 1. The van der Waals surface area contributed by atoms with Gasteiger partial charge >= 0.3 is 0 Å². The van der Waals surface area contributed by atoms with E-state index in [-0.39, 0.29) is 50.1 Å². The molecule has 0 bridgehead atoms. The Morgan fingerprint density at radius 3 is 2.33 bits per heavy atom. The zero-order valence-electron chi connectivity index (χ0n) is 25.4. The van der Waals surface area contributed by atoms with Gasteiger partial charge in [-0.25, -0.2) is 0 Å². The van der Waals surface area contributed by atoms with Gasteiger partial charge in [0.25, 0.3) is 0 Å². The SMILES string of the molecule is CNC1CCC(C(=O)N[C@@H](Cc2ccco2)C(=O)NCc2ccccc2CC(=O)N[C@@H](CCNC(=O)/C=C\C=O)C(N)=O)CC1. The van der Waals surface area contributed by atoms with E-state index in [2.05, 4.69) is 26.6 Å². The molecule has 1 fully saturated rings. The van der Waals surface area contributed by atoms with Crippen LogP contribution in [0.5, 0.6) is 0 Å². The molecule has 0 aliphatic heterocycles. The van der Waals surface area contributed by atoms with Crippen LogP contribution in [0.4, 0.5) is 0 Å². The Labute approximate surface area is 262 Å². The molecule has 1 aromatic carbocycles. The van der Waals surface area contributed by atoms with E-state index in [1.165, 1.54) is 6.26 Å². The average molecular weight is 623 g/mol. The number of amides is 5. The smallest absolute Gasteiger partial charge is 0.244 e. The molecule has 45 heavy (non-hydrogen) atoms. The number of carbonyl (C=O) groups excluding carboxylic acids is 6. The Balaban J connectivity index is 1.58. The molecule has 7 N–H and O–H groups in total. The number of allylic oxidation sites excluding steroid dienone is 1. The van der Waals surface area contributed by atoms with Gasteiger partial charge in [0.2, 0.25) is 29.5 Å². The van der Waals surface area contributed by atoms with Crippen molar-refractivity contribution >= 4 is 35.8 Å². The Kier molecular flexibility index (Phi) is 14.0. The Morgan fingerprint density at radius 2 is 1.69 bits per heavy atom. The molecule has 1 aliphatic rings. The number of furan rings is 1. The third-order valence-electron chi connectivity index (χ3n) is 7.78. The van der Waals surface area contributed by atoms with Gasteiger partial charge in [0, 0.05) is 37.5 Å². The van der Waals surface area contributed by atoms with Gasteiger partial charge in [0.15, 0.2) is 0 Å². The molecule has 13 nitrogen and oxygen atoms in total. The highest BCUT2D eigenvalue weighted by molar-refractivity contribution is 5.91. The molecule has 1 aliphatic carbocycles. The predicted molar refractivity (Wildman–Crippen MR) is 165 cm³/mol. The fourth-order valence-corrected chi connectivity index (χ4v) is 5.21. The summed E-state index contributed by atoms with van der Waals surface area (Å²) in [4.78, 5) is 73.2. The molecule has 2 atom stereocenters. The van der Waals surface area contributed by atoms with Gasteiger partial charge in [-0.1, -0.05) is 24.3 Å². The van der Waals surface area contributed by atoms with E-state index in [4.69, 9.17) is 10.2 Å². The minimum atomic E-state index is -1.03. The number of aldehydes is 1. The zero-order chi connectivity index (χ0) is 32.6. The molecule has 0 radical (unpaired) electrons.